The Kier molecular flexibility index (Phi) is 4.94. The molecule has 4 nitrogen and oxygen atoms in total. The fraction of sp³-hybridized carbons (Fsp3) is 0.200. The molecule has 6 heteroatoms. The summed E-state index contributed by atoms with van der Waals surface area (Å²) in [7, 11) is 0. The first-order valence-electron chi connectivity index (χ1n) is 7.88. The van der Waals surface area contributed by atoms with Crippen LogP contribution in [0.4, 0.5) is 5.69 Å². The second-order valence-corrected chi connectivity index (χ2v) is 7.47. The van der Waals surface area contributed by atoms with Gasteiger partial charge in [0.2, 0.25) is 0 Å². The Bertz CT molecular complexity index is 935. The Morgan fingerprint density at radius 2 is 2.00 bits per heavy atom. The van der Waals surface area contributed by atoms with E-state index in [4.69, 9.17) is 18.0 Å². The van der Waals surface area contributed by atoms with Crippen molar-refractivity contribution in [3.8, 4) is 12.3 Å². The highest BCUT2D eigenvalue weighted by Gasteiger charge is 2.55. The minimum Gasteiger partial charge on any atom is -0.375 e. The zero-order chi connectivity index (χ0) is 19.1. The van der Waals surface area contributed by atoms with Crippen molar-refractivity contribution in [1.29, 1.82) is 0 Å². The van der Waals surface area contributed by atoms with Crippen LogP contribution in [0.3, 0.4) is 0 Å². The summed E-state index contributed by atoms with van der Waals surface area (Å²) >= 11 is 9.22. The molecule has 2 aromatic rings. The minimum absolute atomic E-state index is 0.0115. The summed E-state index contributed by atoms with van der Waals surface area (Å²) in [6.45, 7) is 1.55. The van der Waals surface area contributed by atoms with Gasteiger partial charge in [0.1, 0.15) is 0 Å². The summed E-state index contributed by atoms with van der Waals surface area (Å²) in [5, 5.41) is 11.9. The summed E-state index contributed by atoms with van der Waals surface area (Å²) < 4.78 is 0.691. The van der Waals surface area contributed by atoms with E-state index in [1.165, 1.54) is 4.90 Å². The number of ketones is 1. The van der Waals surface area contributed by atoms with Gasteiger partial charge in [0, 0.05) is 20.6 Å². The van der Waals surface area contributed by atoms with Gasteiger partial charge in [0.05, 0.1) is 18.2 Å². The van der Waals surface area contributed by atoms with E-state index in [-0.39, 0.29) is 12.3 Å². The lowest BCUT2D eigenvalue weighted by molar-refractivity contribution is -0.139. The molecule has 0 aliphatic carbocycles. The van der Waals surface area contributed by atoms with E-state index in [9.17, 15) is 14.7 Å². The molecular formula is C20H15BrClNO3. The molecule has 1 N–H and O–H groups in total. The number of rotatable bonds is 4. The Hall–Kier alpha value is -2.13. The lowest BCUT2D eigenvalue weighted by Crippen LogP contribution is -2.47. The number of terminal acetylenes is 1. The topological polar surface area (TPSA) is 57.6 Å². The van der Waals surface area contributed by atoms with Crippen LogP contribution < -0.4 is 4.90 Å². The molecule has 0 bridgehead atoms. The largest absolute Gasteiger partial charge is 0.375 e. The van der Waals surface area contributed by atoms with Gasteiger partial charge in [-0.3, -0.25) is 14.5 Å². The number of nitrogens with zero attached hydrogens (tertiary/aromatic N) is 1. The lowest BCUT2D eigenvalue weighted by atomic mass is 9.79. The molecule has 2 atom stereocenters. The molecule has 1 aliphatic rings. The Morgan fingerprint density at radius 1 is 1.35 bits per heavy atom. The average molecular weight is 433 g/mol. The van der Waals surface area contributed by atoms with Crippen LogP contribution >= 0.6 is 27.5 Å². The van der Waals surface area contributed by atoms with Crippen LogP contribution in [0.15, 0.2) is 46.9 Å². The van der Waals surface area contributed by atoms with Crippen molar-refractivity contribution < 1.29 is 14.7 Å². The number of anilines is 1. The smallest absolute Gasteiger partial charge is 0.265 e. The number of fused-ring (bicyclic) bond motifs is 1. The van der Waals surface area contributed by atoms with Gasteiger partial charge in [-0.2, -0.15) is 0 Å². The van der Waals surface area contributed by atoms with Gasteiger partial charge >= 0.3 is 0 Å². The predicted molar refractivity (Wildman–Crippen MR) is 104 cm³/mol. The fourth-order valence-electron chi connectivity index (χ4n) is 3.20. The summed E-state index contributed by atoms with van der Waals surface area (Å²) in [5.41, 5.74) is -0.751. The molecule has 0 aromatic heterocycles. The zero-order valence-electron chi connectivity index (χ0n) is 13.9. The molecule has 26 heavy (non-hydrogen) atoms. The first-order chi connectivity index (χ1) is 12.3. The SMILES string of the molecule is C#CCN1C(=O)[C@@](O)([C@@H](C)C(=O)c2ccc(Cl)cc2)c2cc(Br)ccc21. The van der Waals surface area contributed by atoms with E-state index >= 15 is 0 Å². The number of Topliss-reactive ketones (excluding diaryl/α,β-unsaturated/α-hetero) is 1. The molecule has 3 rings (SSSR count). The second-order valence-electron chi connectivity index (χ2n) is 6.12. The van der Waals surface area contributed by atoms with Crippen LogP contribution in [0.5, 0.6) is 0 Å². The maximum atomic E-state index is 13.0. The molecule has 1 amide bonds. The predicted octanol–water partition coefficient (Wildman–Crippen LogP) is 3.79. The molecule has 2 aromatic carbocycles. The van der Waals surface area contributed by atoms with E-state index in [1.807, 2.05) is 0 Å². The van der Waals surface area contributed by atoms with Crippen molar-refractivity contribution in [1.82, 2.24) is 0 Å². The highest BCUT2D eigenvalue weighted by Crippen LogP contribution is 2.46. The van der Waals surface area contributed by atoms with E-state index in [0.717, 1.165) is 0 Å². The van der Waals surface area contributed by atoms with Crippen LogP contribution in [0, 0.1) is 18.3 Å². The van der Waals surface area contributed by atoms with E-state index < -0.39 is 17.4 Å². The normalized spacial score (nSPS) is 19.8. The van der Waals surface area contributed by atoms with E-state index in [2.05, 4.69) is 21.9 Å². The third kappa shape index (κ3) is 2.84. The number of amides is 1. The maximum absolute atomic E-state index is 13.0. The van der Waals surface area contributed by atoms with Crippen molar-refractivity contribution in [2.75, 3.05) is 11.4 Å². The second kappa shape index (κ2) is 6.88. The number of hydrogen-bond acceptors (Lipinski definition) is 3. The standard InChI is InChI=1S/C20H15BrClNO3/c1-3-10-23-17-9-6-14(21)11-16(17)20(26,19(23)25)12(2)18(24)13-4-7-15(22)8-5-13/h1,4-9,11-12,26H,10H2,2H3/t12-,20+/m0/s1. The number of carbonyl (C=O) groups is 2. The van der Waals surface area contributed by atoms with Gasteiger partial charge in [-0.1, -0.05) is 40.4 Å². The maximum Gasteiger partial charge on any atom is 0.265 e. The van der Waals surface area contributed by atoms with Gasteiger partial charge in [-0.25, -0.2) is 0 Å². The van der Waals surface area contributed by atoms with Crippen molar-refractivity contribution >= 4 is 44.9 Å². The highest BCUT2D eigenvalue weighted by molar-refractivity contribution is 9.10. The van der Waals surface area contributed by atoms with Crippen molar-refractivity contribution in [3.63, 3.8) is 0 Å². The summed E-state index contributed by atoms with van der Waals surface area (Å²) in [6, 6.07) is 11.4. The Labute approximate surface area is 164 Å². The summed E-state index contributed by atoms with van der Waals surface area (Å²) in [4.78, 5) is 27.3. The van der Waals surface area contributed by atoms with Crippen LogP contribution in [-0.4, -0.2) is 23.3 Å². The monoisotopic (exact) mass is 431 g/mol. The number of carbonyl (C=O) groups excluding carboxylic acids is 2. The van der Waals surface area contributed by atoms with Crippen molar-refractivity contribution in [2.24, 2.45) is 5.92 Å². The molecular weight excluding hydrogens is 418 g/mol. The number of aliphatic hydroxyl groups is 1. The molecule has 0 radical (unpaired) electrons. The fourth-order valence-corrected chi connectivity index (χ4v) is 3.69. The molecule has 0 saturated heterocycles. The van der Waals surface area contributed by atoms with E-state index in [1.54, 1.807) is 49.4 Å². The molecule has 0 saturated carbocycles. The molecule has 1 aliphatic heterocycles. The minimum atomic E-state index is -1.99. The van der Waals surface area contributed by atoms with Gasteiger partial charge in [-0.05, 0) is 42.5 Å². The van der Waals surface area contributed by atoms with E-state index in [0.29, 0.717) is 26.3 Å². The Balaban J connectivity index is 2.09. The van der Waals surface area contributed by atoms with Crippen LogP contribution in [0.25, 0.3) is 0 Å². The van der Waals surface area contributed by atoms with Gasteiger partial charge in [0.25, 0.3) is 5.91 Å². The first kappa shape index (κ1) is 18.7. The molecule has 0 unspecified atom stereocenters. The van der Waals surface area contributed by atoms with Crippen molar-refractivity contribution in [2.45, 2.75) is 12.5 Å². The Morgan fingerprint density at radius 3 is 2.62 bits per heavy atom. The molecule has 0 spiro atoms. The van der Waals surface area contributed by atoms with Crippen LogP contribution in [0.2, 0.25) is 5.02 Å². The van der Waals surface area contributed by atoms with Gasteiger partial charge in [0.15, 0.2) is 11.4 Å². The van der Waals surface area contributed by atoms with Gasteiger partial charge in [-0.15, -0.1) is 6.42 Å². The molecule has 132 valence electrons. The zero-order valence-corrected chi connectivity index (χ0v) is 16.2. The summed E-state index contributed by atoms with van der Waals surface area (Å²) in [6.07, 6.45) is 5.37. The van der Waals surface area contributed by atoms with Crippen molar-refractivity contribution in [3.05, 3.63) is 63.1 Å². The molecule has 0 fully saturated rings. The average Bonchev–Trinajstić information content (AvgIpc) is 2.84. The van der Waals surface area contributed by atoms with Gasteiger partial charge < -0.3 is 5.11 Å². The third-order valence-corrected chi connectivity index (χ3v) is 5.37. The summed E-state index contributed by atoms with van der Waals surface area (Å²) in [5.74, 6) is 0.460. The number of halogens is 2. The highest BCUT2D eigenvalue weighted by atomic mass is 79.9. The number of hydrogen-bond donors (Lipinski definition) is 1. The van der Waals surface area contributed by atoms with Crippen LogP contribution in [0.1, 0.15) is 22.8 Å². The van der Waals surface area contributed by atoms with Crippen LogP contribution in [-0.2, 0) is 10.4 Å². The number of benzene rings is 2. The lowest BCUT2D eigenvalue weighted by Gasteiger charge is -2.28. The first-order valence-corrected chi connectivity index (χ1v) is 9.05. The molecule has 1 heterocycles. The third-order valence-electron chi connectivity index (χ3n) is 4.63. The quantitative estimate of drug-likeness (QED) is 0.591.